The topological polar surface area (TPSA) is 24.5 Å². The molecule has 1 heterocycles. The average Bonchev–Trinajstić information content (AvgIpc) is 1.88. The lowest BCUT2D eigenvalue weighted by Gasteiger charge is -2.25. The summed E-state index contributed by atoms with van der Waals surface area (Å²) >= 11 is 0. The van der Waals surface area contributed by atoms with E-state index in [-0.39, 0.29) is 0 Å². The molecule has 1 N–H and O–H groups in total. The van der Waals surface area contributed by atoms with Crippen molar-refractivity contribution in [2.45, 2.75) is 0 Å². The first-order chi connectivity index (χ1) is 4.79. The minimum Gasteiger partial charge on any atom is -0.366 e. The normalized spacial score (nSPS) is 27.3. The fourth-order valence-electron chi connectivity index (χ4n) is 1.25. The van der Waals surface area contributed by atoms with Gasteiger partial charge in [0.2, 0.25) is 0 Å². The van der Waals surface area contributed by atoms with Crippen LogP contribution in [0.5, 0.6) is 0 Å². The van der Waals surface area contributed by atoms with E-state index in [0.29, 0.717) is 5.92 Å². The van der Waals surface area contributed by atoms with Crippen LogP contribution in [0, 0.1) is 5.92 Å². The van der Waals surface area contributed by atoms with Gasteiger partial charge in [0.05, 0.1) is 13.3 Å². The predicted octanol–water partition coefficient (Wildman–Crippen LogP) is -0.258. The van der Waals surface area contributed by atoms with Crippen molar-refractivity contribution in [2.75, 3.05) is 40.5 Å². The van der Waals surface area contributed by atoms with Gasteiger partial charge in [-0.15, -0.1) is 0 Å². The molecule has 0 amide bonds. The van der Waals surface area contributed by atoms with Gasteiger partial charge in [-0.05, 0) is 14.1 Å². The number of nitrogens with one attached hydrogen (secondary N) is 1. The molecule has 3 heteroatoms. The van der Waals surface area contributed by atoms with Gasteiger partial charge in [-0.25, -0.2) is 0 Å². The molecule has 1 unspecified atom stereocenters. The molecule has 0 aromatic carbocycles. The van der Waals surface area contributed by atoms with Crippen LogP contribution in [-0.4, -0.2) is 45.4 Å². The summed E-state index contributed by atoms with van der Waals surface area (Å²) in [6.45, 7) is 3.85. The second kappa shape index (κ2) is 3.91. The maximum absolute atomic E-state index is 5.25. The molecule has 1 rings (SSSR count). The first-order valence-electron chi connectivity index (χ1n) is 3.72. The van der Waals surface area contributed by atoms with Gasteiger partial charge in [0, 0.05) is 19.0 Å². The van der Waals surface area contributed by atoms with E-state index in [1.807, 2.05) is 0 Å². The molecule has 0 aliphatic carbocycles. The SMILES string of the molecule is CN(C)CC1CNCOC1. The molecule has 3 nitrogen and oxygen atoms in total. The highest BCUT2D eigenvalue weighted by Gasteiger charge is 2.13. The van der Waals surface area contributed by atoms with Crippen LogP contribution in [0.3, 0.4) is 0 Å². The van der Waals surface area contributed by atoms with Crippen LogP contribution < -0.4 is 5.32 Å². The molecule has 1 fully saturated rings. The van der Waals surface area contributed by atoms with Crippen LogP contribution in [0.4, 0.5) is 0 Å². The number of rotatable bonds is 2. The van der Waals surface area contributed by atoms with Crippen molar-refractivity contribution in [1.29, 1.82) is 0 Å². The van der Waals surface area contributed by atoms with Gasteiger partial charge >= 0.3 is 0 Å². The Morgan fingerprint density at radius 3 is 2.90 bits per heavy atom. The van der Waals surface area contributed by atoms with Crippen LogP contribution in [0.1, 0.15) is 0 Å². The van der Waals surface area contributed by atoms with Crippen LogP contribution >= 0.6 is 0 Å². The second-order valence-corrected chi connectivity index (χ2v) is 3.10. The zero-order valence-corrected chi connectivity index (χ0v) is 6.76. The van der Waals surface area contributed by atoms with Crippen LogP contribution in [0.15, 0.2) is 0 Å². The lowest BCUT2D eigenvalue weighted by Crippen LogP contribution is -2.39. The molecule has 1 aliphatic heterocycles. The van der Waals surface area contributed by atoms with Crippen molar-refractivity contribution in [1.82, 2.24) is 10.2 Å². The highest BCUT2D eigenvalue weighted by molar-refractivity contribution is 4.66. The third-order valence-corrected chi connectivity index (χ3v) is 1.61. The van der Waals surface area contributed by atoms with Gasteiger partial charge in [0.25, 0.3) is 0 Å². The first-order valence-corrected chi connectivity index (χ1v) is 3.72. The second-order valence-electron chi connectivity index (χ2n) is 3.10. The number of hydrogen-bond acceptors (Lipinski definition) is 3. The highest BCUT2D eigenvalue weighted by Crippen LogP contribution is 2.01. The minimum absolute atomic E-state index is 0.670. The summed E-state index contributed by atoms with van der Waals surface area (Å²) in [6, 6.07) is 0. The van der Waals surface area contributed by atoms with Gasteiger partial charge in [0.1, 0.15) is 0 Å². The summed E-state index contributed by atoms with van der Waals surface area (Å²) in [7, 11) is 4.18. The molecule has 0 saturated carbocycles. The quantitative estimate of drug-likeness (QED) is 0.578. The zero-order valence-electron chi connectivity index (χ0n) is 6.76. The van der Waals surface area contributed by atoms with E-state index in [9.17, 15) is 0 Å². The van der Waals surface area contributed by atoms with Crippen molar-refractivity contribution in [3.63, 3.8) is 0 Å². The largest absolute Gasteiger partial charge is 0.366 e. The molecule has 0 radical (unpaired) electrons. The summed E-state index contributed by atoms with van der Waals surface area (Å²) in [6.07, 6.45) is 0. The Morgan fingerprint density at radius 1 is 1.60 bits per heavy atom. The fourth-order valence-corrected chi connectivity index (χ4v) is 1.25. The van der Waals surface area contributed by atoms with E-state index in [4.69, 9.17) is 4.74 Å². The molecule has 1 aliphatic rings. The van der Waals surface area contributed by atoms with Crippen LogP contribution in [0.25, 0.3) is 0 Å². The third-order valence-electron chi connectivity index (χ3n) is 1.61. The Kier molecular flexibility index (Phi) is 3.12. The molecular formula is C7H16N2O. The van der Waals surface area contributed by atoms with Gasteiger partial charge < -0.3 is 9.64 Å². The summed E-state index contributed by atoms with van der Waals surface area (Å²) in [4.78, 5) is 2.20. The van der Waals surface area contributed by atoms with E-state index in [2.05, 4.69) is 24.3 Å². The highest BCUT2D eigenvalue weighted by atomic mass is 16.5. The zero-order chi connectivity index (χ0) is 7.40. The van der Waals surface area contributed by atoms with Gasteiger partial charge in [-0.3, -0.25) is 5.32 Å². The Bertz CT molecular complexity index is 89.6. The van der Waals surface area contributed by atoms with Gasteiger partial charge in [-0.1, -0.05) is 0 Å². The Morgan fingerprint density at radius 2 is 2.40 bits per heavy atom. The number of ether oxygens (including phenoxy) is 1. The van der Waals surface area contributed by atoms with Crippen molar-refractivity contribution < 1.29 is 4.74 Å². The Balaban J connectivity index is 2.13. The Hall–Kier alpha value is -0.120. The maximum atomic E-state index is 5.25. The van der Waals surface area contributed by atoms with E-state index in [1.54, 1.807) is 0 Å². The smallest absolute Gasteiger partial charge is 0.0965 e. The summed E-state index contributed by atoms with van der Waals surface area (Å²) in [5.74, 6) is 0.670. The van der Waals surface area contributed by atoms with Crippen LogP contribution in [0.2, 0.25) is 0 Å². The minimum atomic E-state index is 0.670. The monoisotopic (exact) mass is 144 g/mol. The summed E-state index contributed by atoms with van der Waals surface area (Å²) < 4.78 is 5.25. The van der Waals surface area contributed by atoms with Crippen molar-refractivity contribution in [3.8, 4) is 0 Å². The van der Waals surface area contributed by atoms with Gasteiger partial charge in [-0.2, -0.15) is 0 Å². The molecule has 0 bridgehead atoms. The third kappa shape index (κ3) is 2.64. The van der Waals surface area contributed by atoms with E-state index < -0.39 is 0 Å². The van der Waals surface area contributed by atoms with E-state index in [1.165, 1.54) is 0 Å². The predicted molar refractivity (Wildman–Crippen MR) is 40.9 cm³/mol. The van der Waals surface area contributed by atoms with Crippen molar-refractivity contribution in [3.05, 3.63) is 0 Å². The van der Waals surface area contributed by atoms with E-state index >= 15 is 0 Å². The molecule has 1 atom stereocenters. The van der Waals surface area contributed by atoms with Crippen LogP contribution in [-0.2, 0) is 4.74 Å². The van der Waals surface area contributed by atoms with Crippen molar-refractivity contribution in [2.24, 2.45) is 5.92 Å². The number of hydrogen-bond donors (Lipinski definition) is 1. The summed E-state index contributed by atoms with van der Waals surface area (Å²) in [5.41, 5.74) is 0. The molecule has 60 valence electrons. The Labute approximate surface area is 62.3 Å². The lowest BCUT2D eigenvalue weighted by molar-refractivity contribution is 0.0372. The van der Waals surface area contributed by atoms with Crippen molar-refractivity contribution >= 4 is 0 Å². The molecule has 1 saturated heterocycles. The molecule has 0 spiro atoms. The lowest BCUT2D eigenvalue weighted by atomic mass is 10.1. The molecule has 0 aromatic heterocycles. The maximum Gasteiger partial charge on any atom is 0.0965 e. The molecule has 0 aromatic rings. The number of nitrogens with zero attached hydrogens (tertiary/aromatic N) is 1. The first kappa shape index (κ1) is 7.98. The van der Waals surface area contributed by atoms with Gasteiger partial charge in [0.15, 0.2) is 0 Å². The average molecular weight is 144 g/mol. The molecule has 10 heavy (non-hydrogen) atoms. The summed E-state index contributed by atoms with van der Waals surface area (Å²) in [5, 5.41) is 3.19. The molecular weight excluding hydrogens is 128 g/mol. The fraction of sp³-hybridized carbons (Fsp3) is 1.00. The standard InChI is InChI=1S/C7H16N2O/c1-9(2)4-7-3-8-6-10-5-7/h7-8H,3-6H2,1-2H3. The van der Waals surface area contributed by atoms with E-state index in [0.717, 1.165) is 26.4 Å².